The number of carbonyl (C=O) groups is 2. The molecule has 1 N–H and O–H groups in total. The first-order valence-electron chi connectivity index (χ1n) is 6.57. The Balaban J connectivity index is 2.20. The van der Waals surface area contributed by atoms with Crippen LogP contribution in [0.15, 0.2) is 24.3 Å². The zero-order chi connectivity index (χ0) is 15.4. The number of carbonyl (C=O) groups excluding carboxylic acids is 1. The van der Waals surface area contributed by atoms with Crippen molar-refractivity contribution in [1.82, 2.24) is 4.90 Å². The summed E-state index contributed by atoms with van der Waals surface area (Å²) in [7, 11) is 0. The first-order chi connectivity index (χ1) is 9.99. The van der Waals surface area contributed by atoms with Crippen LogP contribution in [0.25, 0.3) is 0 Å². The molecule has 0 spiro atoms. The van der Waals surface area contributed by atoms with Crippen molar-refractivity contribution in [3.63, 3.8) is 0 Å². The second kappa shape index (κ2) is 6.51. The average Bonchev–Trinajstić information content (AvgIpc) is 2.46. The third kappa shape index (κ3) is 3.68. The van der Waals surface area contributed by atoms with E-state index in [4.69, 9.17) is 5.11 Å². The molecular formula is C14H15F2NO4. The fourth-order valence-electron chi connectivity index (χ4n) is 2.40. The highest BCUT2D eigenvalue weighted by Gasteiger charge is 2.32. The van der Waals surface area contributed by atoms with E-state index in [0.717, 1.165) is 12.8 Å². The van der Waals surface area contributed by atoms with E-state index in [9.17, 15) is 18.4 Å². The lowest BCUT2D eigenvalue weighted by molar-refractivity contribution is -0.143. The monoisotopic (exact) mass is 299 g/mol. The third-order valence-electron chi connectivity index (χ3n) is 3.35. The second-order valence-corrected chi connectivity index (χ2v) is 4.75. The van der Waals surface area contributed by atoms with Gasteiger partial charge in [0.15, 0.2) is 0 Å². The summed E-state index contributed by atoms with van der Waals surface area (Å²) in [6.45, 7) is -2.63. The number of carboxylic acids is 1. The Labute approximate surface area is 120 Å². The van der Waals surface area contributed by atoms with Crippen molar-refractivity contribution in [2.24, 2.45) is 0 Å². The molecule has 0 radical (unpaired) electrons. The number of ether oxygens (including phenoxy) is 1. The Kier molecular flexibility index (Phi) is 4.72. The quantitative estimate of drug-likeness (QED) is 0.927. The van der Waals surface area contributed by atoms with Gasteiger partial charge in [-0.2, -0.15) is 8.78 Å². The largest absolute Gasteiger partial charge is 0.480 e. The van der Waals surface area contributed by atoms with Crippen LogP contribution in [-0.4, -0.2) is 41.1 Å². The Morgan fingerprint density at radius 2 is 2.10 bits per heavy atom. The molecule has 0 saturated carbocycles. The van der Waals surface area contributed by atoms with E-state index in [1.807, 2.05) is 0 Å². The molecule has 2 rings (SSSR count). The number of hydrogen-bond donors (Lipinski definition) is 1. The fraction of sp³-hybridized carbons (Fsp3) is 0.429. The summed E-state index contributed by atoms with van der Waals surface area (Å²) in [5, 5.41) is 9.16. The lowest BCUT2D eigenvalue weighted by atomic mass is 10.0. The molecule has 1 saturated heterocycles. The normalized spacial score (nSPS) is 18.6. The van der Waals surface area contributed by atoms with E-state index in [2.05, 4.69) is 4.74 Å². The molecule has 1 atom stereocenters. The van der Waals surface area contributed by atoms with Gasteiger partial charge in [-0.15, -0.1) is 0 Å². The van der Waals surface area contributed by atoms with E-state index in [0.29, 0.717) is 13.0 Å². The Morgan fingerprint density at radius 3 is 2.76 bits per heavy atom. The lowest BCUT2D eigenvalue weighted by Crippen LogP contribution is -2.47. The van der Waals surface area contributed by atoms with Crippen LogP contribution in [0.5, 0.6) is 5.75 Å². The predicted octanol–water partition coefficient (Wildman–Crippen LogP) is 2.37. The smallest absolute Gasteiger partial charge is 0.387 e. The highest BCUT2D eigenvalue weighted by Crippen LogP contribution is 2.22. The Hall–Kier alpha value is -2.18. The second-order valence-electron chi connectivity index (χ2n) is 4.75. The zero-order valence-electron chi connectivity index (χ0n) is 11.2. The Morgan fingerprint density at radius 1 is 1.33 bits per heavy atom. The van der Waals surface area contributed by atoms with Crippen molar-refractivity contribution in [3.8, 4) is 5.75 Å². The summed E-state index contributed by atoms with van der Waals surface area (Å²) in [4.78, 5) is 24.8. The van der Waals surface area contributed by atoms with Crippen molar-refractivity contribution in [2.45, 2.75) is 31.9 Å². The van der Waals surface area contributed by atoms with Gasteiger partial charge >= 0.3 is 12.6 Å². The maximum atomic E-state index is 12.4. The number of benzene rings is 1. The predicted molar refractivity (Wildman–Crippen MR) is 69.4 cm³/mol. The summed E-state index contributed by atoms with van der Waals surface area (Å²) in [5.41, 5.74) is 0.140. The summed E-state index contributed by atoms with van der Waals surface area (Å²) < 4.78 is 28.6. The van der Waals surface area contributed by atoms with Gasteiger partial charge in [0, 0.05) is 12.1 Å². The molecule has 1 aromatic carbocycles. The number of likely N-dealkylation sites (tertiary alicyclic amines) is 1. The van der Waals surface area contributed by atoms with Crippen LogP contribution in [0.3, 0.4) is 0 Å². The molecule has 7 heteroatoms. The number of rotatable bonds is 4. The molecule has 1 aliphatic rings. The minimum Gasteiger partial charge on any atom is -0.480 e. The molecule has 21 heavy (non-hydrogen) atoms. The number of alkyl halides is 2. The molecule has 0 bridgehead atoms. The van der Waals surface area contributed by atoms with Crippen molar-refractivity contribution < 1.29 is 28.2 Å². The van der Waals surface area contributed by atoms with Gasteiger partial charge in [0.2, 0.25) is 0 Å². The summed E-state index contributed by atoms with van der Waals surface area (Å²) in [6.07, 6.45) is 1.87. The zero-order valence-corrected chi connectivity index (χ0v) is 11.2. The van der Waals surface area contributed by atoms with Crippen molar-refractivity contribution in [3.05, 3.63) is 29.8 Å². The van der Waals surface area contributed by atoms with E-state index in [1.54, 1.807) is 0 Å². The SMILES string of the molecule is O=C(O)[C@@H]1CCCCN1C(=O)c1cccc(OC(F)F)c1. The van der Waals surface area contributed by atoms with Crippen LogP contribution in [0.1, 0.15) is 29.6 Å². The molecule has 1 aromatic rings. The van der Waals surface area contributed by atoms with E-state index < -0.39 is 24.5 Å². The first-order valence-corrected chi connectivity index (χ1v) is 6.57. The van der Waals surface area contributed by atoms with Gasteiger partial charge in [-0.25, -0.2) is 4.79 Å². The number of piperidine rings is 1. The minimum atomic E-state index is -2.97. The van der Waals surface area contributed by atoms with Gasteiger partial charge in [-0.05, 0) is 37.5 Å². The number of amides is 1. The standard InChI is InChI=1S/C14H15F2NO4/c15-14(16)21-10-5-3-4-9(8-10)12(18)17-7-2-1-6-11(17)13(19)20/h3-5,8,11,14H,1-2,6-7H2,(H,19,20)/t11-/m0/s1. The van der Waals surface area contributed by atoms with Gasteiger partial charge in [0.25, 0.3) is 5.91 Å². The maximum Gasteiger partial charge on any atom is 0.387 e. The highest BCUT2D eigenvalue weighted by atomic mass is 19.3. The van der Waals surface area contributed by atoms with Crippen LogP contribution in [0, 0.1) is 0 Å². The van der Waals surface area contributed by atoms with E-state index >= 15 is 0 Å². The number of aliphatic carboxylic acids is 1. The molecule has 1 amide bonds. The molecule has 114 valence electrons. The topological polar surface area (TPSA) is 66.8 Å². The number of carboxylic acid groups (broad SMARTS) is 1. The number of halogens is 2. The van der Waals surface area contributed by atoms with E-state index in [1.165, 1.54) is 29.2 Å². The molecule has 0 unspecified atom stereocenters. The van der Waals surface area contributed by atoms with Gasteiger partial charge in [-0.3, -0.25) is 4.79 Å². The van der Waals surface area contributed by atoms with Crippen LogP contribution in [0.2, 0.25) is 0 Å². The first kappa shape index (κ1) is 15.2. The van der Waals surface area contributed by atoms with Crippen LogP contribution >= 0.6 is 0 Å². The van der Waals surface area contributed by atoms with Gasteiger partial charge in [0.05, 0.1) is 0 Å². The molecule has 0 aliphatic carbocycles. The van der Waals surface area contributed by atoms with Crippen molar-refractivity contribution in [2.75, 3.05) is 6.54 Å². The van der Waals surface area contributed by atoms with Gasteiger partial charge in [0.1, 0.15) is 11.8 Å². The van der Waals surface area contributed by atoms with Crippen molar-refractivity contribution in [1.29, 1.82) is 0 Å². The fourth-order valence-corrected chi connectivity index (χ4v) is 2.40. The van der Waals surface area contributed by atoms with Crippen molar-refractivity contribution >= 4 is 11.9 Å². The average molecular weight is 299 g/mol. The van der Waals surface area contributed by atoms with Gasteiger partial charge in [-0.1, -0.05) is 6.07 Å². The number of hydrogen-bond acceptors (Lipinski definition) is 3. The molecular weight excluding hydrogens is 284 g/mol. The lowest BCUT2D eigenvalue weighted by Gasteiger charge is -2.33. The summed E-state index contributed by atoms with van der Waals surface area (Å²) in [6, 6.07) is 4.51. The Bertz CT molecular complexity index is 535. The van der Waals surface area contributed by atoms with E-state index in [-0.39, 0.29) is 11.3 Å². The maximum absolute atomic E-state index is 12.4. The summed E-state index contributed by atoms with van der Waals surface area (Å²) >= 11 is 0. The van der Waals surface area contributed by atoms with Gasteiger partial charge < -0.3 is 14.7 Å². The molecule has 1 aliphatic heterocycles. The third-order valence-corrected chi connectivity index (χ3v) is 3.35. The summed E-state index contributed by atoms with van der Waals surface area (Å²) in [5.74, 6) is -1.66. The molecule has 1 fully saturated rings. The highest BCUT2D eigenvalue weighted by molar-refractivity contribution is 5.97. The molecule has 5 nitrogen and oxygen atoms in total. The minimum absolute atomic E-state index is 0.125. The van der Waals surface area contributed by atoms with Crippen LogP contribution < -0.4 is 4.74 Å². The van der Waals surface area contributed by atoms with Crippen LogP contribution in [-0.2, 0) is 4.79 Å². The van der Waals surface area contributed by atoms with Crippen LogP contribution in [0.4, 0.5) is 8.78 Å². The molecule has 0 aromatic heterocycles. The number of nitrogens with zero attached hydrogens (tertiary/aromatic N) is 1. The molecule has 1 heterocycles.